The van der Waals surface area contributed by atoms with Gasteiger partial charge in [0.25, 0.3) is 0 Å². The third-order valence-corrected chi connectivity index (χ3v) is 2.09. The van der Waals surface area contributed by atoms with Crippen LogP contribution in [-0.2, 0) is 4.79 Å². The molecule has 130 valence electrons. The van der Waals surface area contributed by atoms with Crippen LogP contribution in [0.5, 0.6) is 0 Å². The molecule has 0 aromatic rings. The number of alkyl halides is 11. The predicted octanol–water partition coefficient (Wildman–Crippen LogP) is 4.03. The minimum absolute atomic E-state index is 1.39. The molecule has 0 unspecified atom stereocenters. The number of carboxylic acids is 1. The average molecular weight is 360 g/mol. The van der Waals surface area contributed by atoms with Crippen molar-refractivity contribution in [3.05, 3.63) is 11.9 Å². The summed E-state index contributed by atoms with van der Waals surface area (Å²) in [5.41, 5.74) is 0. The zero-order valence-electron chi connectivity index (χ0n) is 9.47. The number of rotatable bonds is 5. The van der Waals surface area contributed by atoms with Crippen LogP contribution < -0.4 is 0 Å². The molecule has 1 N–H and O–H groups in total. The molecule has 0 aliphatic carbocycles. The molecule has 0 spiro atoms. The van der Waals surface area contributed by atoms with Gasteiger partial charge in [-0.3, -0.25) is 0 Å². The van der Waals surface area contributed by atoms with Crippen LogP contribution in [0, 0.1) is 0 Å². The molecule has 0 saturated heterocycles. The molecule has 2 nitrogen and oxygen atoms in total. The minimum Gasteiger partial charge on any atom is -0.478 e. The number of hydrogen-bond donors (Lipinski definition) is 1. The van der Waals surface area contributed by atoms with E-state index in [1.165, 1.54) is 0 Å². The summed E-state index contributed by atoms with van der Waals surface area (Å²) in [6.07, 6.45) is -8.77. The number of hydrogen-bond acceptors (Lipinski definition) is 1. The summed E-state index contributed by atoms with van der Waals surface area (Å²) in [7, 11) is 0. The molecule has 14 heteroatoms. The third kappa shape index (κ3) is 2.82. The number of aliphatic carboxylic acids is 1. The first-order valence-corrected chi connectivity index (χ1v) is 4.52. The van der Waals surface area contributed by atoms with E-state index in [0.717, 1.165) is 0 Å². The first kappa shape index (κ1) is 20.4. The summed E-state index contributed by atoms with van der Waals surface area (Å²) in [5, 5.41) is 7.79. The molecule has 0 fully saturated rings. The number of carbonyl (C=O) groups is 1. The second kappa shape index (κ2) is 5.22. The summed E-state index contributed by atoms with van der Waals surface area (Å²) in [4.78, 5) is 9.78. The number of carboxylic acid groups (broad SMARTS) is 1. The van der Waals surface area contributed by atoms with Gasteiger partial charge in [-0.15, -0.1) is 0 Å². The first-order valence-electron chi connectivity index (χ1n) is 4.52. The first-order chi connectivity index (χ1) is 9.34. The second-order valence-electron chi connectivity index (χ2n) is 3.63. The summed E-state index contributed by atoms with van der Waals surface area (Å²) >= 11 is 0. The van der Waals surface area contributed by atoms with E-state index in [0.29, 0.717) is 0 Å². The fourth-order valence-corrected chi connectivity index (χ4v) is 0.921. The highest BCUT2D eigenvalue weighted by atomic mass is 19.4. The van der Waals surface area contributed by atoms with Crippen LogP contribution in [0.1, 0.15) is 0 Å². The molecule has 0 radical (unpaired) electrons. The van der Waals surface area contributed by atoms with Gasteiger partial charge in [0.1, 0.15) is 0 Å². The molecule has 0 atom stereocenters. The van der Waals surface area contributed by atoms with E-state index in [-0.39, 0.29) is 0 Å². The summed E-state index contributed by atoms with van der Waals surface area (Å²) in [6, 6.07) is 0. The van der Waals surface area contributed by atoms with Crippen LogP contribution in [0.25, 0.3) is 0 Å². The van der Waals surface area contributed by atoms with Gasteiger partial charge >= 0.3 is 35.8 Å². The van der Waals surface area contributed by atoms with Gasteiger partial charge in [-0.05, 0) is 0 Å². The fourth-order valence-electron chi connectivity index (χ4n) is 0.921. The third-order valence-electron chi connectivity index (χ3n) is 2.09. The van der Waals surface area contributed by atoms with Crippen LogP contribution in [0.4, 0.5) is 52.7 Å². The Morgan fingerprint density at radius 3 is 1.36 bits per heavy atom. The quantitative estimate of drug-likeness (QED) is 0.457. The van der Waals surface area contributed by atoms with Crippen molar-refractivity contribution < 1.29 is 62.6 Å². The summed E-state index contributed by atoms with van der Waals surface area (Å²) in [5.74, 6) is -36.6. The minimum atomic E-state index is -7.79. The van der Waals surface area contributed by atoms with Gasteiger partial charge in [0.15, 0.2) is 5.83 Å². The lowest BCUT2D eigenvalue weighted by atomic mass is 9.98. The maximum absolute atomic E-state index is 12.8. The SMILES string of the molecule is O=[13C](O)/[13CH]=C(\F)C(F)(F)C(F)(F)C(F)(F)C(F)(F)C(F)(F)F. The Kier molecular flexibility index (Phi) is 4.84. The fraction of sp³-hybridized carbons (Fsp3) is 0.625. The topological polar surface area (TPSA) is 37.3 Å². The maximum atomic E-state index is 12.8. The Balaban J connectivity index is 6.17. The van der Waals surface area contributed by atoms with E-state index < -0.39 is 47.7 Å². The summed E-state index contributed by atoms with van der Waals surface area (Å²) in [6.45, 7) is 0. The van der Waals surface area contributed by atoms with Crippen molar-refractivity contribution in [2.45, 2.75) is 29.9 Å². The Morgan fingerprint density at radius 2 is 1.09 bits per heavy atom. The second-order valence-corrected chi connectivity index (χ2v) is 3.63. The molecule has 0 saturated carbocycles. The van der Waals surface area contributed by atoms with Crippen molar-refractivity contribution in [2.24, 2.45) is 0 Å². The highest BCUT2D eigenvalue weighted by Gasteiger charge is 2.87. The molecule has 22 heavy (non-hydrogen) atoms. The highest BCUT2D eigenvalue weighted by Crippen LogP contribution is 2.58. The van der Waals surface area contributed by atoms with Crippen molar-refractivity contribution >= 4 is 5.97 Å². The molecule has 0 heterocycles. The molecule has 0 aliphatic heterocycles. The number of allylic oxidation sites excluding steroid dienone is 1. The van der Waals surface area contributed by atoms with E-state index in [2.05, 4.69) is 0 Å². The Labute approximate surface area is 112 Å². The van der Waals surface area contributed by atoms with Crippen LogP contribution in [-0.4, -0.2) is 40.9 Å². The molecule has 0 rings (SSSR count). The van der Waals surface area contributed by atoms with Crippen molar-refractivity contribution in [3.8, 4) is 0 Å². The van der Waals surface area contributed by atoms with Gasteiger partial charge in [-0.2, -0.15) is 48.3 Å². The lowest BCUT2D eigenvalue weighted by molar-refractivity contribution is -0.419. The van der Waals surface area contributed by atoms with Crippen molar-refractivity contribution in [2.75, 3.05) is 0 Å². The average Bonchev–Trinajstić information content (AvgIpc) is 2.25. The van der Waals surface area contributed by atoms with Crippen LogP contribution in [0.3, 0.4) is 0 Å². The summed E-state index contributed by atoms with van der Waals surface area (Å²) < 4.78 is 148. The zero-order chi connectivity index (χ0) is 18.4. The van der Waals surface area contributed by atoms with E-state index in [1.54, 1.807) is 0 Å². The predicted molar refractivity (Wildman–Crippen MR) is 42.7 cm³/mol. The molecular weight excluding hydrogens is 358 g/mol. The van der Waals surface area contributed by atoms with Crippen LogP contribution >= 0.6 is 0 Å². The van der Waals surface area contributed by atoms with E-state index in [1.807, 2.05) is 0 Å². The lowest BCUT2D eigenvalue weighted by Crippen LogP contribution is -2.66. The maximum Gasteiger partial charge on any atom is 0.460 e. The van der Waals surface area contributed by atoms with Crippen molar-refractivity contribution in [1.29, 1.82) is 0 Å². The monoisotopic (exact) mass is 360 g/mol. The Bertz CT molecular complexity index is 474. The molecule has 0 aromatic carbocycles. The molecule has 0 aliphatic rings. The van der Waals surface area contributed by atoms with E-state index in [9.17, 15) is 57.5 Å². The van der Waals surface area contributed by atoms with Gasteiger partial charge in [-0.1, -0.05) is 0 Å². The van der Waals surface area contributed by atoms with Gasteiger partial charge in [-0.25, -0.2) is 9.18 Å². The zero-order valence-corrected chi connectivity index (χ0v) is 9.47. The standard InChI is InChI=1S/C8H2F12O2/c9-2(1-3(21)22)4(10,11)5(12,13)6(14,15)7(16,17)8(18,19)20/h1H,(H,21,22)/b2-1-/i1+1,3+1. The van der Waals surface area contributed by atoms with Crippen molar-refractivity contribution in [3.63, 3.8) is 0 Å². The van der Waals surface area contributed by atoms with Gasteiger partial charge in [0.2, 0.25) is 0 Å². The highest BCUT2D eigenvalue weighted by molar-refractivity contribution is 5.80. The normalized spacial score (nSPS) is 15.9. The van der Waals surface area contributed by atoms with Gasteiger partial charge in [0.05, 0.1) is 6.08 Å². The van der Waals surface area contributed by atoms with Crippen LogP contribution in [0.15, 0.2) is 11.9 Å². The smallest absolute Gasteiger partial charge is 0.460 e. The molecule has 0 aromatic heterocycles. The van der Waals surface area contributed by atoms with Gasteiger partial charge < -0.3 is 5.11 Å². The lowest BCUT2D eigenvalue weighted by Gasteiger charge is -2.36. The molecular formula is C8H2F12O2. The molecule has 0 amide bonds. The molecule has 0 bridgehead atoms. The van der Waals surface area contributed by atoms with Gasteiger partial charge in [0, 0.05) is 0 Å². The largest absolute Gasteiger partial charge is 0.478 e. The van der Waals surface area contributed by atoms with Crippen molar-refractivity contribution in [1.82, 2.24) is 0 Å². The Morgan fingerprint density at radius 1 is 0.727 bits per heavy atom. The van der Waals surface area contributed by atoms with E-state index >= 15 is 0 Å². The number of halogens is 12. The van der Waals surface area contributed by atoms with Crippen LogP contribution in [0.2, 0.25) is 0 Å². The van der Waals surface area contributed by atoms with E-state index in [4.69, 9.17) is 5.11 Å². The Hall–Kier alpha value is -1.63.